The highest BCUT2D eigenvalue weighted by atomic mass is 32.2. The van der Waals surface area contributed by atoms with Crippen LogP contribution in [0.15, 0.2) is 4.99 Å². The Bertz CT molecular complexity index is 475. The van der Waals surface area contributed by atoms with Gasteiger partial charge in [-0.2, -0.15) is 0 Å². The number of likely N-dealkylation sites (tertiary alicyclic amines) is 1. The van der Waals surface area contributed by atoms with E-state index in [1.54, 1.807) is 0 Å². The molecule has 1 aliphatic heterocycles. The van der Waals surface area contributed by atoms with Crippen molar-refractivity contribution >= 4 is 15.8 Å². The molecule has 6 nitrogen and oxygen atoms in total. The molecule has 1 rings (SSSR count). The molecule has 1 heterocycles. The third-order valence-electron chi connectivity index (χ3n) is 4.67. The van der Waals surface area contributed by atoms with Gasteiger partial charge >= 0.3 is 0 Å². The summed E-state index contributed by atoms with van der Waals surface area (Å²) in [5.41, 5.74) is 0. The Morgan fingerprint density at radius 1 is 1.29 bits per heavy atom. The molecule has 7 heteroatoms. The number of guanidine groups is 1. The summed E-state index contributed by atoms with van der Waals surface area (Å²) in [5, 5.41) is 3.36. The molecule has 142 valence electrons. The summed E-state index contributed by atoms with van der Waals surface area (Å²) >= 11 is 0. The van der Waals surface area contributed by atoms with Gasteiger partial charge in [0.1, 0.15) is 9.84 Å². The van der Waals surface area contributed by atoms with Gasteiger partial charge in [0.15, 0.2) is 5.96 Å². The van der Waals surface area contributed by atoms with Gasteiger partial charge in [0.25, 0.3) is 0 Å². The minimum Gasteiger partial charge on any atom is -0.378 e. The van der Waals surface area contributed by atoms with Crippen molar-refractivity contribution in [2.24, 2.45) is 16.8 Å². The standard InChI is InChI=1S/C17H35N3O3S/c1-5-15(6-2)16-8-10-20(14-16)17(18-7-3)19-9-11-23-12-13-24(4,21)22/h15-16H,5-14H2,1-4H3,(H,18,19). The summed E-state index contributed by atoms with van der Waals surface area (Å²) in [6.45, 7) is 10.9. The van der Waals surface area contributed by atoms with E-state index in [1.807, 2.05) is 0 Å². The predicted molar refractivity (Wildman–Crippen MR) is 100 cm³/mol. The van der Waals surface area contributed by atoms with Crippen LogP contribution in [0, 0.1) is 11.8 Å². The van der Waals surface area contributed by atoms with E-state index >= 15 is 0 Å². The number of sulfone groups is 1. The van der Waals surface area contributed by atoms with Gasteiger partial charge in [-0.25, -0.2) is 8.42 Å². The third kappa shape index (κ3) is 7.83. The van der Waals surface area contributed by atoms with E-state index in [4.69, 9.17) is 4.74 Å². The van der Waals surface area contributed by atoms with E-state index in [2.05, 4.69) is 36.0 Å². The molecule has 0 radical (unpaired) electrons. The third-order valence-corrected chi connectivity index (χ3v) is 5.58. The van der Waals surface area contributed by atoms with Gasteiger partial charge in [0.2, 0.25) is 0 Å². The summed E-state index contributed by atoms with van der Waals surface area (Å²) in [6.07, 6.45) is 4.96. The van der Waals surface area contributed by atoms with Crippen LogP contribution in [0.25, 0.3) is 0 Å². The highest BCUT2D eigenvalue weighted by Gasteiger charge is 2.29. The largest absolute Gasteiger partial charge is 0.378 e. The lowest BCUT2D eigenvalue weighted by atomic mass is 9.87. The highest BCUT2D eigenvalue weighted by molar-refractivity contribution is 7.90. The van der Waals surface area contributed by atoms with Gasteiger partial charge in [-0.3, -0.25) is 4.99 Å². The number of ether oxygens (including phenoxy) is 1. The lowest BCUT2D eigenvalue weighted by Crippen LogP contribution is -2.40. The Morgan fingerprint density at radius 3 is 2.58 bits per heavy atom. The first kappa shape index (κ1) is 21.2. The van der Waals surface area contributed by atoms with Crippen molar-refractivity contribution in [1.82, 2.24) is 10.2 Å². The molecule has 0 aromatic carbocycles. The van der Waals surface area contributed by atoms with Crippen LogP contribution in [0.4, 0.5) is 0 Å². The molecule has 1 saturated heterocycles. The first-order chi connectivity index (χ1) is 11.4. The summed E-state index contributed by atoms with van der Waals surface area (Å²) in [4.78, 5) is 6.98. The first-order valence-corrected chi connectivity index (χ1v) is 11.3. The van der Waals surface area contributed by atoms with Crippen LogP contribution < -0.4 is 5.32 Å². The Balaban J connectivity index is 2.43. The number of hydrogen-bond acceptors (Lipinski definition) is 4. The summed E-state index contributed by atoms with van der Waals surface area (Å²) in [6, 6.07) is 0. The fourth-order valence-electron chi connectivity index (χ4n) is 3.27. The summed E-state index contributed by atoms with van der Waals surface area (Å²) < 4.78 is 27.4. The number of aliphatic imine (C=N–C) groups is 1. The smallest absolute Gasteiger partial charge is 0.194 e. The Morgan fingerprint density at radius 2 is 2.00 bits per heavy atom. The van der Waals surface area contributed by atoms with Crippen LogP contribution in [0.2, 0.25) is 0 Å². The van der Waals surface area contributed by atoms with Gasteiger partial charge in [0, 0.05) is 25.9 Å². The van der Waals surface area contributed by atoms with Crippen molar-refractivity contribution in [2.75, 3.05) is 51.4 Å². The van der Waals surface area contributed by atoms with Crippen molar-refractivity contribution < 1.29 is 13.2 Å². The van der Waals surface area contributed by atoms with Gasteiger partial charge in [0.05, 0.1) is 25.5 Å². The molecule has 0 aromatic rings. The van der Waals surface area contributed by atoms with Crippen LogP contribution in [0.5, 0.6) is 0 Å². The zero-order valence-electron chi connectivity index (χ0n) is 15.8. The average molecular weight is 362 g/mol. The fraction of sp³-hybridized carbons (Fsp3) is 0.941. The summed E-state index contributed by atoms with van der Waals surface area (Å²) in [5.74, 6) is 2.59. The quantitative estimate of drug-likeness (QED) is 0.365. The van der Waals surface area contributed by atoms with Gasteiger partial charge < -0.3 is 15.0 Å². The van der Waals surface area contributed by atoms with Crippen LogP contribution in [0.3, 0.4) is 0 Å². The molecule has 0 aromatic heterocycles. The normalized spacial score (nSPS) is 19.3. The van der Waals surface area contributed by atoms with E-state index in [1.165, 1.54) is 25.5 Å². The maximum atomic E-state index is 11.0. The zero-order chi connectivity index (χ0) is 18.0. The predicted octanol–water partition coefficient (Wildman–Crippen LogP) is 1.77. The second-order valence-corrected chi connectivity index (χ2v) is 8.81. The molecule has 0 saturated carbocycles. The van der Waals surface area contributed by atoms with Crippen LogP contribution in [-0.4, -0.2) is 70.7 Å². The molecular formula is C17H35N3O3S. The second kappa shape index (κ2) is 10.9. The first-order valence-electron chi connectivity index (χ1n) is 9.19. The molecule has 1 aliphatic rings. The number of rotatable bonds is 10. The van der Waals surface area contributed by atoms with Gasteiger partial charge in [-0.1, -0.05) is 26.7 Å². The van der Waals surface area contributed by atoms with E-state index in [9.17, 15) is 8.42 Å². The van der Waals surface area contributed by atoms with E-state index in [-0.39, 0.29) is 12.4 Å². The molecule has 1 atom stereocenters. The minimum absolute atomic E-state index is 0.0695. The SMILES string of the molecule is CCNC(=NCCOCCS(C)(=O)=O)N1CCC(C(CC)CC)C1. The zero-order valence-corrected chi connectivity index (χ0v) is 16.6. The van der Waals surface area contributed by atoms with Crippen molar-refractivity contribution in [3.63, 3.8) is 0 Å². The minimum atomic E-state index is -2.95. The Hall–Kier alpha value is -0.820. The molecule has 1 N–H and O–H groups in total. The fourth-order valence-corrected chi connectivity index (χ4v) is 3.69. The monoisotopic (exact) mass is 361 g/mol. The van der Waals surface area contributed by atoms with E-state index in [0.29, 0.717) is 13.2 Å². The lowest BCUT2D eigenvalue weighted by Gasteiger charge is -2.24. The van der Waals surface area contributed by atoms with E-state index < -0.39 is 9.84 Å². The average Bonchev–Trinajstić information content (AvgIpc) is 2.99. The second-order valence-electron chi connectivity index (χ2n) is 6.55. The molecule has 0 spiro atoms. The number of nitrogens with one attached hydrogen (secondary N) is 1. The van der Waals surface area contributed by atoms with Gasteiger partial charge in [-0.15, -0.1) is 0 Å². The lowest BCUT2D eigenvalue weighted by molar-refractivity contribution is 0.157. The molecule has 1 unspecified atom stereocenters. The molecule has 0 amide bonds. The molecule has 0 aliphatic carbocycles. The molecule has 1 fully saturated rings. The number of hydrogen-bond donors (Lipinski definition) is 1. The Labute approximate surface area is 148 Å². The highest BCUT2D eigenvalue weighted by Crippen LogP contribution is 2.28. The van der Waals surface area contributed by atoms with Crippen molar-refractivity contribution in [3.8, 4) is 0 Å². The van der Waals surface area contributed by atoms with Crippen LogP contribution in [0.1, 0.15) is 40.0 Å². The van der Waals surface area contributed by atoms with E-state index in [0.717, 1.165) is 37.4 Å². The topological polar surface area (TPSA) is 71.0 Å². The number of nitrogens with zero attached hydrogens (tertiary/aromatic N) is 2. The van der Waals surface area contributed by atoms with Crippen LogP contribution >= 0.6 is 0 Å². The molecule has 24 heavy (non-hydrogen) atoms. The Kier molecular flexibility index (Phi) is 9.66. The van der Waals surface area contributed by atoms with Gasteiger partial charge in [-0.05, 0) is 25.2 Å². The maximum Gasteiger partial charge on any atom is 0.194 e. The van der Waals surface area contributed by atoms with Crippen molar-refractivity contribution in [3.05, 3.63) is 0 Å². The van der Waals surface area contributed by atoms with Crippen LogP contribution in [-0.2, 0) is 14.6 Å². The molecule has 0 bridgehead atoms. The van der Waals surface area contributed by atoms with Crippen molar-refractivity contribution in [2.45, 2.75) is 40.0 Å². The summed E-state index contributed by atoms with van der Waals surface area (Å²) in [7, 11) is -2.95. The van der Waals surface area contributed by atoms with Crippen molar-refractivity contribution in [1.29, 1.82) is 0 Å². The molecular weight excluding hydrogens is 326 g/mol. The maximum absolute atomic E-state index is 11.0.